The van der Waals surface area contributed by atoms with Crippen LogP contribution < -0.4 is 4.74 Å². The molecule has 1 aliphatic heterocycles. The van der Waals surface area contributed by atoms with Crippen molar-refractivity contribution in [1.82, 2.24) is 0 Å². The lowest BCUT2D eigenvalue weighted by atomic mass is 9.85. The summed E-state index contributed by atoms with van der Waals surface area (Å²) in [4.78, 5) is 11.1. The van der Waals surface area contributed by atoms with Gasteiger partial charge in [0.2, 0.25) is 0 Å². The van der Waals surface area contributed by atoms with Gasteiger partial charge in [-0.3, -0.25) is 4.79 Å². The Kier molecular flexibility index (Phi) is 3.50. The largest absolute Gasteiger partial charge is 0.481 e. The Morgan fingerprint density at radius 1 is 1.50 bits per heavy atom. The van der Waals surface area contributed by atoms with E-state index >= 15 is 0 Å². The number of ether oxygens (including phenoxy) is 2. The molecule has 4 nitrogen and oxygen atoms in total. The summed E-state index contributed by atoms with van der Waals surface area (Å²) in [5.41, 5.74) is 0.816. The first kappa shape index (κ1) is 13.2. The number of hydrogen-bond donors (Lipinski definition) is 1. The predicted octanol–water partition coefficient (Wildman–Crippen LogP) is 2.86. The van der Waals surface area contributed by atoms with Crippen LogP contribution in [0.15, 0.2) is 12.1 Å². The number of halogens is 1. The molecule has 0 spiro atoms. The molecule has 0 saturated carbocycles. The van der Waals surface area contributed by atoms with Crippen LogP contribution in [0, 0.1) is 5.41 Å². The molecule has 1 aromatic rings. The summed E-state index contributed by atoms with van der Waals surface area (Å²) in [6.07, 6.45) is 0.360. The van der Waals surface area contributed by atoms with Crippen molar-refractivity contribution in [2.45, 2.75) is 26.9 Å². The molecule has 1 aromatic carbocycles. The molecule has 5 heteroatoms. The molecule has 0 atom stereocenters. The smallest absolute Gasteiger partial charge is 0.309 e. The van der Waals surface area contributed by atoms with Crippen molar-refractivity contribution in [3.05, 3.63) is 28.3 Å². The van der Waals surface area contributed by atoms with Gasteiger partial charge in [-0.15, -0.1) is 0 Å². The van der Waals surface area contributed by atoms with Gasteiger partial charge in [0, 0.05) is 10.6 Å². The maximum atomic E-state index is 11.1. The SMILES string of the molecule is CC(C)(Cc1cc2c(cc1Cl)COCO2)C(=O)O. The molecule has 98 valence electrons. The lowest BCUT2D eigenvalue weighted by Crippen LogP contribution is -2.26. The first-order valence-electron chi connectivity index (χ1n) is 5.65. The Labute approximate surface area is 110 Å². The maximum absolute atomic E-state index is 11.1. The van der Waals surface area contributed by atoms with Crippen molar-refractivity contribution in [3.8, 4) is 5.75 Å². The van der Waals surface area contributed by atoms with E-state index in [1.54, 1.807) is 19.9 Å². The zero-order valence-corrected chi connectivity index (χ0v) is 11.1. The van der Waals surface area contributed by atoms with Crippen molar-refractivity contribution in [2.75, 3.05) is 6.79 Å². The molecule has 0 aromatic heterocycles. The van der Waals surface area contributed by atoms with Gasteiger partial charge in [-0.25, -0.2) is 0 Å². The van der Waals surface area contributed by atoms with Gasteiger partial charge in [0.1, 0.15) is 5.75 Å². The fraction of sp³-hybridized carbons (Fsp3) is 0.462. The molecule has 0 unspecified atom stereocenters. The Bertz CT molecular complexity index is 482. The number of fused-ring (bicyclic) bond motifs is 1. The van der Waals surface area contributed by atoms with E-state index in [1.807, 2.05) is 6.07 Å². The number of aliphatic carboxylic acids is 1. The number of rotatable bonds is 3. The second kappa shape index (κ2) is 4.78. The molecule has 0 saturated heterocycles. The molecule has 0 radical (unpaired) electrons. The normalized spacial score (nSPS) is 14.8. The van der Waals surface area contributed by atoms with Gasteiger partial charge in [0.25, 0.3) is 0 Å². The minimum atomic E-state index is -0.858. The second-order valence-corrected chi connectivity index (χ2v) is 5.44. The van der Waals surface area contributed by atoms with E-state index in [2.05, 4.69) is 0 Å². The Morgan fingerprint density at radius 2 is 2.22 bits per heavy atom. The zero-order chi connectivity index (χ0) is 13.3. The number of carboxylic acid groups (broad SMARTS) is 1. The van der Waals surface area contributed by atoms with E-state index in [9.17, 15) is 4.79 Å². The van der Waals surface area contributed by atoms with E-state index in [0.717, 1.165) is 16.9 Å². The van der Waals surface area contributed by atoms with Gasteiger partial charge in [0.05, 0.1) is 12.0 Å². The van der Waals surface area contributed by atoms with Crippen LogP contribution in [-0.4, -0.2) is 17.9 Å². The van der Waals surface area contributed by atoms with E-state index in [1.165, 1.54) is 0 Å². The third-order valence-corrected chi connectivity index (χ3v) is 3.35. The average Bonchev–Trinajstić information content (AvgIpc) is 2.29. The maximum Gasteiger partial charge on any atom is 0.309 e. The van der Waals surface area contributed by atoms with E-state index in [-0.39, 0.29) is 6.79 Å². The van der Waals surface area contributed by atoms with Crippen molar-refractivity contribution in [3.63, 3.8) is 0 Å². The van der Waals surface area contributed by atoms with Crippen molar-refractivity contribution in [1.29, 1.82) is 0 Å². The number of benzene rings is 1. The first-order valence-corrected chi connectivity index (χ1v) is 6.03. The molecule has 1 aliphatic rings. The molecule has 0 amide bonds. The molecule has 0 fully saturated rings. The standard InChI is InChI=1S/C13H15ClO4/c1-13(2,12(15)16)5-8-4-11-9(3-10(8)14)6-17-7-18-11/h3-4H,5-7H2,1-2H3,(H,15,16). The van der Waals surface area contributed by atoms with Gasteiger partial charge in [-0.2, -0.15) is 0 Å². The third kappa shape index (κ3) is 2.60. The predicted molar refractivity (Wildman–Crippen MR) is 66.9 cm³/mol. The van der Waals surface area contributed by atoms with Crippen LogP contribution in [0.5, 0.6) is 5.75 Å². The number of carbonyl (C=O) groups is 1. The van der Waals surface area contributed by atoms with Crippen LogP contribution in [0.2, 0.25) is 5.02 Å². The molecular weight excluding hydrogens is 256 g/mol. The summed E-state index contributed by atoms with van der Waals surface area (Å²) in [6, 6.07) is 3.59. The highest BCUT2D eigenvalue weighted by molar-refractivity contribution is 6.31. The fourth-order valence-electron chi connectivity index (χ4n) is 1.83. The Balaban J connectivity index is 2.31. The molecular formula is C13H15ClO4. The Morgan fingerprint density at radius 3 is 2.89 bits per heavy atom. The highest BCUT2D eigenvalue weighted by Gasteiger charge is 2.29. The molecule has 0 bridgehead atoms. The van der Waals surface area contributed by atoms with E-state index in [4.69, 9.17) is 26.2 Å². The summed E-state index contributed by atoms with van der Waals surface area (Å²) >= 11 is 6.17. The summed E-state index contributed by atoms with van der Waals surface area (Å²) in [7, 11) is 0. The van der Waals surface area contributed by atoms with Crippen LogP contribution in [0.1, 0.15) is 25.0 Å². The second-order valence-electron chi connectivity index (χ2n) is 5.03. The zero-order valence-electron chi connectivity index (χ0n) is 10.3. The lowest BCUT2D eigenvalue weighted by Gasteiger charge is -2.23. The number of hydrogen-bond acceptors (Lipinski definition) is 3. The van der Waals surface area contributed by atoms with Crippen LogP contribution in [-0.2, 0) is 22.6 Å². The summed E-state index contributed by atoms with van der Waals surface area (Å²) in [6.45, 7) is 4.04. The monoisotopic (exact) mass is 270 g/mol. The van der Waals surface area contributed by atoms with Crippen LogP contribution in [0.4, 0.5) is 0 Å². The van der Waals surface area contributed by atoms with Gasteiger partial charge in [-0.05, 0) is 38.0 Å². The van der Waals surface area contributed by atoms with Crippen molar-refractivity contribution >= 4 is 17.6 Å². The minimum Gasteiger partial charge on any atom is -0.481 e. The topological polar surface area (TPSA) is 55.8 Å². The summed E-state index contributed by atoms with van der Waals surface area (Å²) in [5.74, 6) is -0.123. The van der Waals surface area contributed by atoms with Crippen LogP contribution in [0.3, 0.4) is 0 Å². The summed E-state index contributed by atoms with van der Waals surface area (Å²) in [5, 5.41) is 9.69. The highest BCUT2D eigenvalue weighted by Crippen LogP contribution is 2.33. The quantitative estimate of drug-likeness (QED) is 0.918. The van der Waals surface area contributed by atoms with Crippen LogP contribution >= 0.6 is 11.6 Å². The van der Waals surface area contributed by atoms with E-state index in [0.29, 0.717) is 18.1 Å². The number of carboxylic acids is 1. The molecule has 0 aliphatic carbocycles. The molecule has 2 rings (SSSR count). The minimum absolute atomic E-state index is 0.219. The average molecular weight is 271 g/mol. The lowest BCUT2D eigenvalue weighted by molar-refractivity contribution is -0.146. The van der Waals surface area contributed by atoms with Gasteiger partial charge in [0.15, 0.2) is 6.79 Å². The molecule has 18 heavy (non-hydrogen) atoms. The van der Waals surface area contributed by atoms with Gasteiger partial charge >= 0.3 is 5.97 Å². The highest BCUT2D eigenvalue weighted by atomic mass is 35.5. The fourth-order valence-corrected chi connectivity index (χ4v) is 2.08. The van der Waals surface area contributed by atoms with E-state index < -0.39 is 11.4 Å². The third-order valence-electron chi connectivity index (χ3n) is 3.00. The summed E-state index contributed by atoms with van der Waals surface area (Å²) < 4.78 is 10.5. The Hall–Kier alpha value is -1.26. The van der Waals surface area contributed by atoms with Gasteiger partial charge < -0.3 is 14.6 Å². The molecule has 1 heterocycles. The van der Waals surface area contributed by atoms with Crippen LogP contribution in [0.25, 0.3) is 0 Å². The first-order chi connectivity index (χ1) is 8.40. The van der Waals surface area contributed by atoms with Crippen molar-refractivity contribution in [2.24, 2.45) is 5.41 Å². The van der Waals surface area contributed by atoms with Crippen molar-refractivity contribution < 1.29 is 19.4 Å². The van der Waals surface area contributed by atoms with Gasteiger partial charge in [-0.1, -0.05) is 11.6 Å². The molecule has 1 N–H and O–H groups in total.